The van der Waals surface area contributed by atoms with E-state index in [4.69, 9.17) is 4.74 Å². The van der Waals surface area contributed by atoms with E-state index in [2.05, 4.69) is 19.2 Å². The normalized spacial score (nSPS) is 30.1. The standard InChI is InChI=1S/C19H19NO4/c1-11(2)12-7-8-15-16(9-12)24-19(23)14-6-4-3-5-13(14)17(22)18(15,19)20-10-21/h5-11,23H,3-4H2,1-2H3,(H,20,21). The van der Waals surface area contributed by atoms with E-state index in [0.29, 0.717) is 28.9 Å². The minimum atomic E-state index is -1.89. The highest BCUT2D eigenvalue weighted by atomic mass is 16.6. The maximum Gasteiger partial charge on any atom is 0.270 e. The average Bonchev–Trinajstić information content (AvgIpc) is 2.93. The Bertz CT molecular complexity index is 823. The molecule has 1 aromatic rings. The van der Waals surface area contributed by atoms with Gasteiger partial charge in [0, 0.05) is 16.7 Å². The van der Waals surface area contributed by atoms with Crippen molar-refractivity contribution >= 4 is 12.2 Å². The molecule has 2 aliphatic carbocycles. The molecule has 2 atom stereocenters. The summed E-state index contributed by atoms with van der Waals surface area (Å²) in [5.74, 6) is -1.49. The molecule has 1 aliphatic heterocycles. The van der Waals surface area contributed by atoms with Crippen molar-refractivity contribution in [1.29, 1.82) is 0 Å². The lowest BCUT2D eigenvalue weighted by atomic mass is 9.83. The summed E-state index contributed by atoms with van der Waals surface area (Å²) in [6.45, 7) is 4.11. The third-order valence-corrected chi connectivity index (χ3v) is 5.22. The SMILES string of the molecule is CC(C)c1ccc2c(c1)OC1(O)C3=CCCC=C3C(=O)C21NC=O. The summed E-state index contributed by atoms with van der Waals surface area (Å²) >= 11 is 0. The highest BCUT2D eigenvalue weighted by molar-refractivity contribution is 6.14. The van der Waals surface area contributed by atoms with E-state index >= 15 is 0 Å². The van der Waals surface area contributed by atoms with Gasteiger partial charge in [0.25, 0.3) is 5.79 Å². The third-order valence-electron chi connectivity index (χ3n) is 5.22. The van der Waals surface area contributed by atoms with Gasteiger partial charge in [-0.25, -0.2) is 0 Å². The number of hydrogen-bond acceptors (Lipinski definition) is 4. The summed E-state index contributed by atoms with van der Waals surface area (Å²) < 4.78 is 5.91. The first kappa shape index (κ1) is 15.1. The van der Waals surface area contributed by atoms with E-state index in [-0.39, 0.29) is 11.7 Å². The second kappa shape index (κ2) is 4.80. The molecule has 1 aromatic carbocycles. The molecule has 2 unspecified atom stereocenters. The number of aliphatic hydroxyl groups is 1. The van der Waals surface area contributed by atoms with Crippen LogP contribution in [0.4, 0.5) is 0 Å². The summed E-state index contributed by atoms with van der Waals surface area (Å²) in [6, 6.07) is 5.52. The van der Waals surface area contributed by atoms with Gasteiger partial charge >= 0.3 is 0 Å². The Kier molecular flexibility index (Phi) is 3.03. The highest BCUT2D eigenvalue weighted by Crippen LogP contribution is 2.58. The van der Waals surface area contributed by atoms with E-state index in [0.717, 1.165) is 18.4 Å². The van der Waals surface area contributed by atoms with Gasteiger partial charge in [0.15, 0.2) is 5.78 Å². The van der Waals surface area contributed by atoms with Gasteiger partial charge in [0.2, 0.25) is 11.9 Å². The Morgan fingerprint density at radius 3 is 2.75 bits per heavy atom. The molecule has 4 rings (SSSR count). The molecule has 3 aliphatic rings. The smallest absolute Gasteiger partial charge is 0.270 e. The summed E-state index contributed by atoms with van der Waals surface area (Å²) in [5.41, 5.74) is 0.830. The van der Waals surface area contributed by atoms with Crippen molar-refractivity contribution in [3.05, 3.63) is 52.6 Å². The Hall–Kier alpha value is -2.40. The van der Waals surface area contributed by atoms with Gasteiger partial charge in [-0.1, -0.05) is 38.1 Å². The molecule has 0 bridgehead atoms. The van der Waals surface area contributed by atoms with Crippen LogP contribution in [0.3, 0.4) is 0 Å². The fourth-order valence-corrected chi connectivity index (χ4v) is 3.99. The number of ether oxygens (including phenoxy) is 1. The molecule has 5 nitrogen and oxygen atoms in total. The minimum Gasteiger partial charge on any atom is -0.454 e. The topological polar surface area (TPSA) is 75.6 Å². The lowest BCUT2D eigenvalue weighted by molar-refractivity contribution is -0.156. The van der Waals surface area contributed by atoms with Crippen molar-refractivity contribution in [3.63, 3.8) is 0 Å². The quantitative estimate of drug-likeness (QED) is 0.834. The summed E-state index contributed by atoms with van der Waals surface area (Å²) in [7, 11) is 0. The van der Waals surface area contributed by atoms with Crippen LogP contribution in [-0.4, -0.2) is 23.1 Å². The maximum atomic E-state index is 13.1. The zero-order valence-corrected chi connectivity index (χ0v) is 13.6. The van der Waals surface area contributed by atoms with Gasteiger partial charge in [0.05, 0.1) is 0 Å². The molecule has 0 aromatic heterocycles. The van der Waals surface area contributed by atoms with Crippen LogP contribution in [-0.2, 0) is 15.1 Å². The van der Waals surface area contributed by atoms with Gasteiger partial charge in [0.1, 0.15) is 5.75 Å². The van der Waals surface area contributed by atoms with Crippen molar-refractivity contribution < 1.29 is 19.4 Å². The number of allylic oxidation sites excluding steroid dienone is 2. The number of rotatable bonds is 3. The van der Waals surface area contributed by atoms with Crippen molar-refractivity contribution in [2.24, 2.45) is 0 Å². The molecule has 0 spiro atoms. The number of carbonyl (C=O) groups is 2. The zero-order valence-electron chi connectivity index (χ0n) is 13.6. The first-order chi connectivity index (χ1) is 11.5. The minimum absolute atomic E-state index is 0.281. The van der Waals surface area contributed by atoms with Crippen LogP contribution in [0, 0.1) is 0 Å². The molecule has 1 heterocycles. The molecular weight excluding hydrogens is 306 g/mol. The number of benzene rings is 1. The number of Topliss-reactive ketones (excluding diaryl/α,β-unsaturated/α-hetero) is 1. The Morgan fingerprint density at radius 2 is 2.04 bits per heavy atom. The van der Waals surface area contributed by atoms with Crippen LogP contribution >= 0.6 is 0 Å². The van der Waals surface area contributed by atoms with E-state index in [1.807, 2.05) is 24.3 Å². The molecule has 0 saturated heterocycles. The molecule has 2 N–H and O–H groups in total. The van der Waals surface area contributed by atoms with Gasteiger partial charge in [-0.3, -0.25) is 9.59 Å². The maximum absolute atomic E-state index is 13.1. The number of ketones is 1. The molecule has 124 valence electrons. The van der Waals surface area contributed by atoms with E-state index in [1.165, 1.54) is 0 Å². The second-order valence-electron chi connectivity index (χ2n) is 6.81. The van der Waals surface area contributed by atoms with Gasteiger partial charge in [-0.2, -0.15) is 0 Å². The predicted octanol–water partition coefficient (Wildman–Crippen LogP) is 2.06. The van der Waals surface area contributed by atoms with Crippen molar-refractivity contribution in [2.45, 2.75) is 43.9 Å². The van der Waals surface area contributed by atoms with E-state index < -0.39 is 11.3 Å². The van der Waals surface area contributed by atoms with Gasteiger partial charge in [-0.05, 0) is 30.4 Å². The first-order valence-corrected chi connectivity index (χ1v) is 8.19. The third kappa shape index (κ3) is 1.58. The summed E-state index contributed by atoms with van der Waals surface area (Å²) in [4.78, 5) is 24.5. The molecular formula is C19H19NO4. The number of hydrogen-bond donors (Lipinski definition) is 2. The number of fused-ring (bicyclic) bond motifs is 5. The second-order valence-corrected chi connectivity index (χ2v) is 6.81. The van der Waals surface area contributed by atoms with Crippen LogP contribution in [0.1, 0.15) is 43.7 Å². The van der Waals surface area contributed by atoms with E-state index in [9.17, 15) is 14.7 Å². The van der Waals surface area contributed by atoms with Gasteiger partial charge < -0.3 is 15.2 Å². The fraction of sp³-hybridized carbons (Fsp3) is 0.368. The molecule has 1 amide bonds. The largest absolute Gasteiger partial charge is 0.454 e. The molecule has 1 saturated carbocycles. The fourth-order valence-electron chi connectivity index (χ4n) is 3.99. The van der Waals surface area contributed by atoms with Crippen LogP contribution in [0.25, 0.3) is 0 Å². The summed E-state index contributed by atoms with van der Waals surface area (Å²) in [6.07, 6.45) is 5.56. The Labute approximate surface area is 140 Å². The summed E-state index contributed by atoms with van der Waals surface area (Å²) in [5, 5.41) is 13.9. The van der Waals surface area contributed by atoms with Gasteiger partial charge in [-0.15, -0.1) is 0 Å². The van der Waals surface area contributed by atoms with E-state index in [1.54, 1.807) is 6.07 Å². The Morgan fingerprint density at radius 1 is 1.29 bits per heavy atom. The van der Waals surface area contributed by atoms with Crippen LogP contribution in [0.2, 0.25) is 0 Å². The first-order valence-electron chi connectivity index (χ1n) is 8.19. The number of carbonyl (C=O) groups excluding carboxylic acids is 2. The van der Waals surface area contributed by atoms with Crippen molar-refractivity contribution in [3.8, 4) is 5.75 Å². The molecule has 1 fully saturated rings. The molecule has 24 heavy (non-hydrogen) atoms. The average molecular weight is 325 g/mol. The number of amides is 1. The monoisotopic (exact) mass is 325 g/mol. The number of nitrogens with one attached hydrogen (secondary N) is 1. The Balaban J connectivity index is 1.99. The van der Waals surface area contributed by atoms with Crippen molar-refractivity contribution in [1.82, 2.24) is 5.32 Å². The van der Waals surface area contributed by atoms with Crippen molar-refractivity contribution in [2.75, 3.05) is 0 Å². The van der Waals surface area contributed by atoms with Crippen LogP contribution in [0.5, 0.6) is 5.75 Å². The van der Waals surface area contributed by atoms with Crippen LogP contribution in [0.15, 0.2) is 41.5 Å². The highest BCUT2D eigenvalue weighted by Gasteiger charge is 2.72. The lowest BCUT2D eigenvalue weighted by Crippen LogP contribution is -2.60. The lowest BCUT2D eigenvalue weighted by Gasteiger charge is -2.32. The molecule has 5 heteroatoms. The predicted molar refractivity (Wildman–Crippen MR) is 87.4 cm³/mol. The van der Waals surface area contributed by atoms with Crippen LogP contribution < -0.4 is 10.1 Å². The molecule has 0 radical (unpaired) electrons. The zero-order chi connectivity index (χ0) is 17.1.